The highest BCUT2D eigenvalue weighted by Crippen LogP contribution is 2.31. The highest BCUT2D eigenvalue weighted by atomic mass is 35.5. The molecule has 2 N–H and O–H groups in total. The predicted octanol–water partition coefficient (Wildman–Crippen LogP) is 4.26. The maximum absolute atomic E-state index is 12.9. The number of benzene rings is 2. The van der Waals surface area contributed by atoms with E-state index in [9.17, 15) is 4.39 Å². The molecule has 2 aromatic rings. The molecule has 1 nitrogen and oxygen atoms in total. The van der Waals surface area contributed by atoms with E-state index in [2.05, 4.69) is 0 Å². The van der Waals surface area contributed by atoms with Gasteiger partial charge in [0.2, 0.25) is 0 Å². The third-order valence-corrected chi connectivity index (χ3v) is 3.18. The first-order chi connectivity index (χ1) is 8.11. The van der Waals surface area contributed by atoms with Crippen LogP contribution in [0.5, 0.6) is 0 Å². The van der Waals surface area contributed by atoms with Crippen molar-refractivity contribution in [2.24, 2.45) is 5.73 Å². The van der Waals surface area contributed by atoms with Crippen molar-refractivity contribution >= 4 is 23.2 Å². The van der Waals surface area contributed by atoms with Crippen LogP contribution in [-0.4, -0.2) is 0 Å². The zero-order valence-corrected chi connectivity index (χ0v) is 10.4. The minimum atomic E-state index is -0.358. The molecule has 0 amide bonds. The molecular formula is C13H10Cl2FN. The smallest absolute Gasteiger partial charge is 0.124 e. The summed E-state index contributed by atoms with van der Waals surface area (Å²) in [6.07, 6.45) is 0. The van der Waals surface area contributed by atoms with Crippen LogP contribution in [0.3, 0.4) is 0 Å². The van der Waals surface area contributed by atoms with Crippen LogP contribution in [0.25, 0.3) is 11.1 Å². The van der Waals surface area contributed by atoms with Gasteiger partial charge in [0.25, 0.3) is 0 Å². The molecule has 2 rings (SSSR count). The molecule has 0 bridgehead atoms. The lowest BCUT2D eigenvalue weighted by Crippen LogP contribution is -1.97. The van der Waals surface area contributed by atoms with Gasteiger partial charge in [-0.15, -0.1) is 0 Å². The van der Waals surface area contributed by atoms with E-state index in [0.717, 1.165) is 16.7 Å². The van der Waals surface area contributed by atoms with Gasteiger partial charge in [0.15, 0.2) is 0 Å². The summed E-state index contributed by atoms with van der Waals surface area (Å²) in [6.45, 7) is 0.385. The fraction of sp³-hybridized carbons (Fsp3) is 0.0769. The monoisotopic (exact) mass is 269 g/mol. The maximum atomic E-state index is 12.9. The average molecular weight is 270 g/mol. The Morgan fingerprint density at radius 3 is 2.35 bits per heavy atom. The molecule has 0 unspecified atom stereocenters. The fourth-order valence-electron chi connectivity index (χ4n) is 1.60. The lowest BCUT2D eigenvalue weighted by Gasteiger charge is -2.07. The summed E-state index contributed by atoms with van der Waals surface area (Å²) in [5.41, 5.74) is 7.99. The van der Waals surface area contributed by atoms with Crippen molar-refractivity contribution in [1.29, 1.82) is 0 Å². The summed E-state index contributed by atoms with van der Waals surface area (Å²) >= 11 is 12.0. The Kier molecular flexibility index (Phi) is 3.67. The van der Waals surface area contributed by atoms with Gasteiger partial charge in [-0.25, -0.2) is 4.39 Å². The third-order valence-electron chi connectivity index (χ3n) is 2.52. The Morgan fingerprint density at radius 1 is 1.00 bits per heavy atom. The molecule has 0 aliphatic carbocycles. The Labute approximate surface area is 109 Å². The van der Waals surface area contributed by atoms with Crippen LogP contribution in [0.2, 0.25) is 10.0 Å². The van der Waals surface area contributed by atoms with E-state index in [0.29, 0.717) is 16.6 Å². The van der Waals surface area contributed by atoms with Crippen molar-refractivity contribution in [2.75, 3.05) is 0 Å². The third kappa shape index (κ3) is 2.60. The first-order valence-corrected chi connectivity index (χ1v) is 5.81. The van der Waals surface area contributed by atoms with Gasteiger partial charge in [0, 0.05) is 17.1 Å². The molecule has 0 aliphatic rings. The molecule has 0 aromatic heterocycles. The summed E-state index contributed by atoms with van der Waals surface area (Å²) in [6, 6.07) is 9.77. The summed E-state index contributed by atoms with van der Waals surface area (Å²) in [4.78, 5) is 0. The van der Waals surface area contributed by atoms with E-state index >= 15 is 0 Å². The van der Waals surface area contributed by atoms with Gasteiger partial charge in [0.1, 0.15) is 5.82 Å². The molecule has 0 aliphatic heterocycles. The largest absolute Gasteiger partial charge is 0.326 e. The molecule has 17 heavy (non-hydrogen) atoms. The molecule has 0 radical (unpaired) electrons. The predicted molar refractivity (Wildman–Crippen MR) is 69.7 cm³/mol. The minimum Gasteiger partial charge on any atom is -0.326 e. The lowest BCUT2D eigenvalue weighted by atomic mass is 10.0. The minimum absolute atomic E-state index is 0.358. The molecule has 0 atom stereocenters. The topological polar surface area (TPSA) is 26.0 Å². The molecule has 88 valence electrons. The van der Waals surface area contributed by atoms with Crippen molar-refractivity contribution in [3.8, 4) is 11.1 Å². The van der Waals surface area contributed by atoms with Crippen LogP contribution < -0.4 is 5.73 Å². The summed E-state index contributed by atoms with van der Waals surface area (Å²) in [5.74, 6) is -0.358. The van der Waals surface area contributed by atoms with Crippen LogP contribution in [0.15, 0.2) is 36.4 Å². The van der Waals surface area contributed by atoms with Crippen molar-refractivity contribution in [2.45, 2.75) is 6.54 Å². The quantitative estimate of drug-likeness (QED) is 0.866. The van der Waals surface area contributed by atoms with E-state index in [1.54, 1.807) is 12.1 Å². The van der Waals surface area contributed by atoms with E-state index in [1.807, 2.05) is 12.1 Å². The second-order valence-electron chi connectivity index (χ2n) is 3.63. The Hall–Kier alpha value is -1.09. The van der Waals surface area contributed by atoms with Gasteiger partial charge < -0.3 is 5.73 Å². The molecule has 0 fully saturated rings. The van der Waals surface area contributed by atoms with Gasteiger partial charge in [-0.1, -0.05) is 35.3 Å². The molecule has 0 spiro atoms. The van der Waals surface area contributed by atoms with Gasteiger partial charge >= 0.3 is 0 Å². The van der Waals surface area contributed by atoms with Crippen molar-refractivity contribution in [3.05, 3.63) is 57.8 Å². The van der Waals surface area contributed by atoms with E-state index in [1.165, 1.54) is 12.1 Å². The Morgan fingerprint density at radius 2 is 1.76 bits per heavy atom. The van der Waals surface area contributed by atoms with Gasteiger partial charge in [-0.2, -0.15) is 0 Å². The summed E-state index contributed by atoms with van der Waals surface area (Å²) in [5, 5.41) is 0.951. The lowest BCUT2D eigenvalue weighted by molar-refractivity contribution is 0.628. The highest BCUT2D eigenvalue weighted by Gasteiger charge is 2.07. The summed E-state index contributed by atoms with van der Waals surface area (Å²) < 4.78 is 12.9. The zero-order valence-electron chi connectivity index (χ0n) is 8.88. The van der Waals surface area contributed by atoms with Crippen LogP contribution in [0.4, 0.5) is 4.39 Å². The fourth-order valence-corrected chi connectivity index (χ4v) is 2.14. The summed E-state index contributed by atoms with van der Waals surface area (Å²) in [7, 11) is 0. The number of hydrogen-bond acceptors (Lipinski definition) is 1. The van der Waals surface area contributed by atoms with Crippen LogP contribution >= 0.6 is 23.2 Å². The van der Waals surface area contributed by atoms with Gasteiger partial charge in [-0.05, 0) is 35.4 Å². The highest BCUT2D eigenvalue weighted by molar-refractivity contribution is 6.34. The molecule has 0 saturated carbocycles. The van der Waals surface area contributed by atoms with Gasteiger partial charge in [-0.3, -0.25) is 0 Å². The average Bonchev–Trinajstić information content (AvgIpc) is 2.29. The van der Waals surface area contributed by atoms with Crippen molar-refractivity contribution < 1.29 is 4.39 Å². The molecule has 0 heterocycles. The van der Waals surface area contributed by atoms with Crippen LogP contribution in [-0.2, 0) is 6.54 Å². The zero-order chi connectivity index (χ0) is 12.4. The SMILES string of the molecule is NCc1ccc(-c2ccc(F)cc2Cl)cc1Cl. The Bertz CT molecular complexity index is 555. The molecule has 2 aromatic carbocycles. The van der Waals surface area contributed by atoms with Crippen LogP contribution in [0.1, 0.15) is 5.56 Å². The number of halogens is 3. The first-order valence-electron chi connectivity index (χ1n) is 5.05. The standard InChI is InChI=1S/C13H10Cl2FN/c14-12-5-8(1-2-9(12)7-17)11-4-3-10(16)6-13(11)15/h1-6H,7,17H2. The first kappa shape index (κ1) is 12.4. The number of hydrogen-bond donors (Lipinski definition) is 1. The van der Waals surface area contributed by atoms with Crippen molar-refractivity contribution in [1.82, 2.24) is 0 Å². The second-order valence-corrected chi connectivity index (χ2v) is 4.45. The molecule has 0 saturated heterocycles. The number of nitrogens with two attached hydrogens (primary N) is 1. The normalized spacial score (nSPS) is 10.6. The van der Waals surface area contributed by atoms with E-state index in [-0.39, 0.29) is 5.82 Å². The van der Waals surface area contributed by atoms with Gasteiger partial charge in [0.05, 0.1) is 5.02 Å². The second kappa shape index (κ2) is 5.05. The van der Waals surface area contributed by atoms with E-state index < -0.39 is 0 Å². The van der Waals surface area contributed by atoms with Crippen molar-refractivity contribution in [3.63, 3.8) is 0 Å². The van der Waals surface area contributed by atoms with E-state index in [4.69, 9.17) is 28.9 Å². The van der Waals surface area contributed by atoms with Crippen LogP contribution in [0, 0.1) is 5.82 Å². The Balaban J connectivity index is 2.50. The molecule has 4 heteroatoms. The number of rotatable bonds is 2. The maximum Gasteiger partial charge on any atom is 0.124 e. The molecular weight excluding hydrogens is 260 g/mol.